The highest BCUT2D eigenvalue weighted by Gasteiger charge is 2.18. The number of rotatable bonds is 4. The predicted octanol–water partition coefficient (Wildman–Crippen LogP) is 1.95. The molecule has 2 rings (SSSR count). The van der Waals surface area contributed by atoms with Gasteiger partial charge >= 0.3 is 0 Å². The number of hydrogen-bond donors (Lipinski definition) is 1. The molecule has 19 heavy (non-hydrogen) atoms. The Kier molecular flexibility index (Phi) is 3.62. The minimum absolute atomic E-state index is 0.0694. The molecule has 0 saturated heterocycles. The average molecular weight is 261 g/mol. The maximum Gasteiger partial charge on any atom is 0.278 e. The lowest BCUT2D eigenvalue weighted by Gasteiger charge is -2.10. The van der Waals surface area contributed by atoms with Crippen LogP contribution >= 0.6 is 0 Å². The van der Waals surface area contributed by atoms with Gasteiger partial charge in [0.1, 0.15) is 0 Å². The van der Waals surface area contributed by atoms with E-state index in [1.54, 1.807) is 19.9 Å². The molecule has 6 heteroatoms. The van der Waals surface area contributed by atoms with Crippen molar-refractivity contribution in [2.24, 2.45) is 0 Å². The second-order valence-corrected chi connectivity index (χ2v) is 4.40. The minimum atomic E-state index is -0.377. The number of hydrogen-bond acceptors (Lipinski definition) is 4. The molecule has 6 nitrogen and oxygen atoms in total. The second-order valence-electron chi connectivity index (χ2n) is 4.40. The zero-order valence-corrected chi connectivity index (χ0v) is 10.8. The van der Waals surface area contributed by atoms with E-state index >= 15 is 0 Å². The summed E-state index contributed by atoms with van der Waals surface area (Å²) >= 11 is 0. The van der Waals surface area contributed by atoms with E-state index in [9.17, 15) is 15.2 Å². The van der Waals surface area contributed by atoms with Crippen LogP contribution in [0.1, 0.15) is 22.5 Å². The summed E-state index contributed by atoms with van der Waals surface area (Å²) in [6.07, 6.45) is 3.33. The van der Waals surface area contributed by atoms with Crippen LogP contribution in [0, 0.1) is 24.0 Å². The predicted molar refractivity (Wildman–Crippen MR) is 69.8 cm³/mol. The first-order chi connectivity index (χ1) is 9.04. The molecule has 1 N–H and O–H groups in total. The van der Waals surface area contributed by atoms with E-state index in [1.807, 2.05) is 16.8 Å². The van der Waals surface area contributed by atoms with Gasteiger partial charge in [-0.15, -0.1) is 0 Å². The van der Waals surface area contributed by atoms with E-state index in [0.29, 0.717) is 23.4 Å². The van der Waals surface area contributed by atoms with E-state index in [4.69, 9.17) is 0 Å². The molecule has 0 bridgehead atoms. The molecule has 0 unspecified atom stereocenters. The molecule has 0 amide bonds. The molecule has 0 radical (unpaired) electrons. The molecule has 2 heterocycles. The van der Waals surface area contributed by atoms with Crippen molar-refractivity contribution in [3.63, 3.8) is 0 Å². The van der Waals surface area contributed by atoms with Gasteiger partial charge in [0, 0.05) is 23.7 Å². The van der Waals surface area contributed by atoms with Crippen molar-refractivity contribution in [2.45, 2.75) is 27.0 Å². The van der Waals surface area contributed by atoms with Crippen LogP contribution in [-0.2, 0) is 13.2 Å². The molecular formula is C13H15N3O3. The van der Waals surface area contributed by atoms with Crippen molar-refractivity contribution in [1.29, 1.82) is 0 Å². The Balaban J connectivity index is 2.42. The number of aliphatic hydroxyl groups is 1. The quantitative estimate of drug-likeness (QED) is 0.673. The summed E-state index contributed by atoms with van der Waals surface area (Å²) < 4.78 is 1.83. The Labute approximate surface area is 110 Å². The number of nitro groups is 1. The van der Waals surface area contributed by atoms with Crippen molar-refractivity contribution in [3.8, 4) is 0 Å². The smallest absolute Gasteiger partial charge is 0.278 e. The SMILES string of the molecule is Cc1cnc(Cn2cccc2CO)c(C)c1[N+](=O)[O-]. The number of aryl methyl sites for hydroxylation is 1. The lowest BCUT2D eigenvalue weighted by molar-refractivity contribution is -0.386. The van der Waals surface area contributed by atoms with Crippen LogP contribution in [0.2, 0.25) is 0 Å². The van der Waals surface area contributed by atoms with Gasteiger partial charge < -0.3 is 9.67 Å². The fourth-order valence-corrected chi connectivity index (χ4v) is 2.11. The summed E-state index contributed by atoms with van der Waals surface area (Å²) in [5, 5.41) is 20.2. The van der Waals surface area contributed by atoms with Crippen LogP contribution in [0.4, 0.5) is 5.69 Å². The lowest BCUT2D eigenvalue weighted by Crippen LogP contribution is -2.08. The van der Waals surface area contributed by atoms with Crippen molar-refractivity contribution < 1.29 is 10.0 Å². The standard InChI is InChI=1S/C13H15N3O3/c1-9-6-14-12(10(2)13(9)16(18)19)7-15-5-3-4-11(15)8-17/h3-6,17H,7-8H2,1-2H3. The first kappa shape index (κ1) is 13.2. The maximum atomic E-state index is 11.1. The van der Waals surface area contributed by atoms with Gasteiger partial charge in [-0.2, -0.15) is 0 Å². The zero-order valence-electron chi connectivity index (χ0n) is 10.8. The van der Waals surface area contributed by atoms with E-state index in [0.717, 1.165) is 5.69 Å². The van der Waals surface area contributed by atoms with Crippen LogP contribution in [0.25, 0.3) is 0 Å². The number of aliphatic hydroxyl groups excluding tert-OH is 1. The molecule has 0 fully saturated rings. The largest absolute Gasteiger partial charge is 0.390 e. The van der Waals surface area contributed by atoms with E-state index in [1.165, 1.54) is 6.20 Å². The topological polar surface area (TPSA) is 81.2 Å². The Morgan fingerprint density at radius 1 is 1.47 bits per heavy atom. The molecule has 0 aliphatic rings. The molecule has 0 aliphatic heterocycles. The Morgan fingerprint density at radius 3 is 2.84 bits per heavy atom. The van der Waals surface area contributed by atoms with E-state index in [2.05, 4.69) is 4.98 Å². The Morgan fingerprint density at radius 2 is 2.21 bits per heavy atom. The second kappa shape index (κ2) is 5.19. The van der Waals surface area contributed by atoms with Gasteiger partial charge in [0.15, 0.2) is 0 Å². The van der Waals surface area contributed by atoms with Crippen molar-refractivity contribution in [3.05, 3.63) is 57.2 Å². The van der Waals surface area contributed by atoms with Crippen LogP contribution in [0.3, 0.4) is 0 Å². The number of aromatic nitrogens is 2. The first-order valence-corrected chi connectivity index (χ1v) is 5.89. The van der Waals surface area contributed by atoms with E-state index < -0.39 is 0 Å². The molecule has 0 spiro atoms. The van der Waals surface area contributed by atoms with Crippen molar-refractivity contribution in [1.82, 2.24) is 9.55 Å². The fraction of sp³-hybridized carbons (Fsp3) is 0.308. The van der Waals surface area contributed by atoms with Gasteiger partial charge in [-0.25, -0.2) is 0 Å². The molecule has 100 valence electrons. The van der Waals surface area contributed by atoms with Crippen LogP contribution in [-0.4, -0.2) is 19.6 Å². The zero-order chi connectivity index (χ0) is 14.0. The maximum absolute atomic E-state index is 11.1. The summed E-state index contributed by atoms with van der Waals surface area (Å²) in [5.74, 6) is 0. The third kappa shape index (κ3) is 2.48. The summed E-state index contributed by atoms with van der Waals surface area (Å²) in [6.45, 7) is 3.72. The highest BCUT2D eigenvalue weighted by Crippen LogP contribution is 2.24. The first-order valence-electron chi connectivity index (χ1n) is 5.89. The van der Waals surface area contributed by atoms with Gasteiger partial charge in [-0.3, -0.25) is 15.1 Å². The molecule has 2 aromatic heterocycles. The average Bonchev–Trinajstić information content (AvgIpc) is 2.79. The Bertz CT molecular complexity index is 620. The highest BCUT2D eigenvalue weighted by atomic mass is 16.6. The van der Waals surface area contributed by atoms with Crippen molar-refractivity contribution >= 4 is 5.69 Å². The van der Waals surface area contributed by atoms with E-state index in [-0.39, 0.29) is 17.2 Å². The molecule has 0 atom stereocenters. The van der Waals surface area contributed by atoms with Gasteiger partial charge in [0.05, 0.1) is 29.3 Å². The minimum Gasteiger partial charge on any atom is -0.390 e. The summed E-state index contributed by atoms with van der Waals surface area (Å²) in [7, 11) is 0. The molecule has 0 aliphatic carbocycles. The lowest BCUT2D eigenvalue weighted by atomic mass is 10.1. The molecule has 2 aromatic rings. The summed E-state index contributed by atoms with van der Waals surface area (Å²) in [4.78, 5) is 14.9. The third-order valence-electron chi connectivity index (χ3n) is 3.16. The van der Waals surface area contributed by atoms with Gasteiger partial charge in [0.25, 0.3) is 5.69 Å². The molecule has 0 saturated carbocycles. The fourth-order valence-electron chi connectivity index (χ4n) is 2.11. The highest BCUT2D eigenvalue weighted by molar-refractivity contribution is 5.47. The van der Waals surface area contributed by atoms with Crippen molar-refractivity contribution in [2.75, 3.05) is 0 Å². The van der Waals surface area contributed by atoms with Crippen LogP contribution in [0.5, 0.6) is 0 Å². The van der Waals surface area contributed by atoms with Gasteiger partial charge in [-0.05, 0) is 26.0 Å². The monoisotopic (exact) mass is 261 g/mol. The molecule has 0 aromatic carbocycles. The number of pyridine rings is 1. The van der Waals surface area contributed by atoms with Crippen LogP contribution in [0.15, 0.2) is 24.5 Å². The third-order valence-corrected chi connectivity index (χ3v) is 3.16. The van der Waals surface area contributed by atoms with Gasteiger partial charge in [0.2, 0.25) is 0 Å². The van der Waals surface area contributed by atoms with Gasteiger partial charge in [-0.1, -0.05) is 0 Å². The molecular weight excluding hydrogens is 246 g/mol. The Hall–Kier alpha value is -2.21. The normalized spacial score (nSPS) is 10.7. The summed E-state index contributed by atoms with van der Waals surface area (Å²) in [5.41, 5.74) is 2.64. The summed E-state index contributed by atoms with van der Waals surface area (Å²) in [6, 6.07) is 3.63. The van der Waals surface area contributed by atoms with Crippen LogP contribution < -0.4 is 0 Å². The number of nitrogens with zero attached hydrogens (tertiary/aromatic N) is 3.